The predicted octanol–water partition coefficient (Wildman–Crippen LogP) is 3.39. The molecule has 0 spiro atoms. The number of nitriles is 1. The summed E-state index contributed by atoms with van der Waals surface area (Å²) >= 11 is 0. The van der Waals surface area contributed by atoms with Crippen LogP contribution in [0.15, 0.2) is 54.6 Å². The van der Waals surface area contributed by atoms with E-state index in [4.69, 9.17) is 10.00 Å². The molecule has 4 nitrogen and oxygen atoms in total. The minimum atomic E-state index is -0.0373. The Balaban J connectivity index is 1.88. The Kier molecular flexibility index (Phi) is 3.40. The van der Waals surface area contributed by atoms with Gasteiger partial charge < -0.3 is 9.84 Å². The van der Waals surface area contributed by atoms with Crippen LogP contribution in [0, 0.1) is 11.3 Å². The molecule has 4 heteroatoms. The maximum atomic E-state index is 9.65. The van der Waals surface area contributed by atoms with Gasteiger partial charge in [-0.25, -0.2) is 4.98 Å². The highest BCUT2D eigenvalue weighted by Crippen LogP contribution is 2.27. The van der Waals surface area contributed by atoms with Gasteiger partial charge in [-0.3, -0.25) is 0 Å². The topological polar surface area (TPSA) is 66.1 Å². The van der Waals surface area contributed by atoms with Crippen LogP contribution in [-0.4, -0.2) is 10.1 Å². The minimum Gasteiger partial charge on any atom is -0.507 e. The summed E-state index contributed by atoms with van der Waals surface area (Å²) in [5, 5.41) is 19.3. The van der Waals surface area contributed by atoms with Crippen molar-refractivity contribution in [2.45, 2.75) is 6.61 Å². The Morgan fingerprint density at radius 2 is 1.86 bits per heavy atom. The highest BCUT2D eigenvalue weighted by atomic mass is 16.5. The Hall–Kier alpha value is -3.06. The normalized spacial score (nSPS) is 10.2. The van der Waals surface area contributed by atoms with Gasteiger partial charge in [-0.2, -0.15) is 5.26 Å². The van der Waals surface area contributed by atoms with Gasteiger partial charge in [0.25, 0.3) is 0 Å². The van der Waals surface area contributed by atoms with Crippen molar-refractivity contribution in [2.24, 2.45) is 0 Å². The Morgan fingerprint density at radius 1 is 1.05 bits per heavy atom. The molecule has 0 bridgehead atoms. The number of hydrogen-bond donors (Lipinski definition) is 1. The second-order valence-corrected chi connectivity index (χ2v) is 4.56. The van der Waals surface area contributed by atoms with Crippen LogP contribution in [-0.2, 0) is 6.61 Å². The van der Waals surface area contributed by atoms with Gasteiger partial charge in [0.1, 0.15) is 24.0 Å². The molecule has 0 fully saturated rings. The number of aromatic nitrogens is 1. The second-order valence-electron chi connectivity index (χ2n) is 4.56. The van der Waals surface area contributed by atoms with E-state index in [1.807, 2.05) is 36.4 Å². The van der Waals surface area contributed by atoms with E-state index in [9.17, 15) is 5.11 Å². The number of rotatable bonds is 3. The quantitative estimate of drug-likeness (QED) is 0.796. The zero-order valence-electron chi connectivity index (χ0n) is 11.2. The molecule has 102 valence electrons. The van der Waals surface area contributed by atoms with Crippen molar-refractivity contribution >= 4 is 10.9 Å². The second kappa shape index (κ2) is 5.51. The average Bonchev–Trinajstić information content (AvgIpc) is 2.54. The van der Waals surface area contributed by atoms with E-state index in [0.717, 1.165) is 5.56 Å². The highest BCUT2D eigenvalue weighted by molar-refractivity contribution is 5.87. The van der Waals surface area contributed by atoms with Crippen molar-refractivity contribution in [3.8, 4) is 17.7 Å². The number of nitrogens with zero attached hydrogens (tertiary/aromatic N) is 2. The fourth-order valence-electron chi connectivity index (χ4n) is 2.10. The van der Waals surface area contributed by atoms with Crippen LogP contribution in [0.2, 0.25) is 0 Å². The average molecular weight is 276 g/mol. The van der Waals surface area contributed by atoms with E-state index in [1.165, 1.54) is 6.07 Å². The lowest BCUT2D eigenvalue weighted by Crippen LogP contribution is -1.97. The molecule has 0 saturated heterocycles. The number of fused-ring (bicyclic) bond motifs is 1. The molecule has 3 aromatic rings. The van der Waals surface area contributed by atoms with Crippen molar-refractivity contribution in [2.75, 3.05) is 0 Å². The fourth-order valence-corrected chi connectivity index (χ4v) is 2.10. The van der Waals surface area contributed by atoms with Crippen LogP contribution in [0.4, 0.5) is 0 Å². The minimum absolute atomic E-state index is 0.0373. The molecular formula is C17H12N2O2. The first-order valence-electron chi connectivity index (χ1n) is 6.47. The van der Waals surface area contributed by atoms with Crippen LogP contribution in [0.5, 0.6) is 11.6 Å². The number of phenols is 1. The molecule has 0 aliphatic rings. The Labute approximate surface area is 121 Å². The van der Waals surface area contributed by atoms with Gasteiger partial charge in [-0.1, -0.05) is 30.3 Å². The van der Waals surface area contributed by atoms with E-state index >= 15 is 0 Å². The first kappa shape index (κ1) is 12.9. The molecule has 0 radical (unpaired) electrons. The zero-order valence-corrected chi connectivity index (χ0v) is 11.2. The Bertz CT molecular complexity index is 823. The number of phenolic OH excluding ortho intramolecular Hbond substituents is 1. The third-order valence-electron chi connectivity index (χ3n) is 3.17. The summed E-state index contributed by atoms with van der Waals surface area (Å²) in [6.45, 7) is 0.433. The fraction of sp³-hybridized carbons (Fsp3) is 0.0588. The molecular weight excluding hydrogens is 264 g/mol. The van der Waals surface area contributed by atoms with E-state index < -0.39 is 0 Å². The van der Waals surface area contributed by atoms with Crippen LogP contribution in [0.1, 0.15) is 11.1 Å². The van der Waals surface area contributed by atoms with Crippen LogP contribution in [0.3, 0.4) is 0 Å². The zero-order chi connectivity index (χ0) is 14.7. The first-order chi connectivity index (χ1) is 10.3. The highest BCUT2D eigenvalue weighted by Gasteiger charge is 2.08. The Morgan fingerprint density at radius 3 is 2.62 bits per heavy atom. The molecule has 0 unspecified atom stereocenters. The van der Waals surface area contributed by atoms with Gasteiger partial charge in [0.2, 0.25) is 5.88 Å². The van der Waals surface area contributed by atoms with Crippen molar-refractivity contribution < 1.29 is 9.84 Å². The smallest absolute Gasteiger partial charge is 0.214 e. The summed E-state index contributed by atoms with van der Waals surface area (Å²) in [6.07, 6.45) is 0. The third kappa shape index (κ3) is 2.63. The van der Waals surface area contributed by atoms with E-state index in [-0.39, 0.29) is 11.3 Å². The lowest BCUT2D eigenvalue weighted by Gasteiger charge is -2.07. The molecule has 0 atom stereocenters. The van der Waals surface area contributed by atoms with Crippen LogP contribution >= 0.6 is 0 Å². The van der Waals surface area contributed by atoms with Crippen LogP contribution in [0.25, 0.3) is 10.9 Å². The maximum Gasteiger partial charge on any atom is 0.214 e. The molecule has 0 amide bonds. The lowest BCUT2D eigenvalue weighted by atomic mass is 10.1. The van der Waals surface area contributed by atoms with Crippen molar-refractivity contribution in [3.63, 3.8) is 0 Å². The van der Waals surface area contributed by atoms with Crippen LogP contribution < -0.4 is 4.74 Å². The summed E-state index contributed by atoms with van der Waals surface area (Å²) in [6, 6.07) is 18.4. The number of ether oxygens (including phenoxy) is 1. The molecule has 2 aromatic carbocycles. The summed E-state index contributed by atoms with van der Waals surface area (Å²) < 4.78 is 5.65. The number of benzene rings is 2. The number of aromatic hydroxyl groups is 1. The van der Waals surface area contributed by atoms with Gasteiger partial charge in [-0.15, -0.1) is 0 Å². The molecule has 0 aliphatic heterocycles. The number of pyridine rings is 1. The maximum absolute atomic E-state index is 9.65. The van der Waals surface area contributed by atoms with E-state index in [2.05, 4.69) is 4.98 Å². The van der Waals surface area contributed by atoms with Crippen molar-refractivity contribution in [1.82, 2.24) is 4.98 Å². The van der Waals surface area contributed by atoms with Crippen molar-refractivity contribution in [3.05, 3.63) is 65.7 Å². The molecule has 0 saturated carbocycles. The molecule has 21 heavy (non-hydrogen) atoms. The SMILES string of the molecule is N#Cc1c(O)ccc2nc(OCc3ccccc3)ccc12. The molecule has 1 heterocycles. The molecule has 0 aliphatic carbocycles. The summed E-state index contributed by atoms with van der Waals surface area (Å²) in [4.78, 5) is 4.36. The standard InChI is InChI=1S/C17H12N2O2/c18-10-14-13-6-9-17(19-15(13)7-8-16(14)20)21-11-12-4-2-1-3-5-12/h1-9,20H,11H2. The monoisotopic (exact) mass is 276 g/mol. The third-order valence-corrected chi connectivity index (χ3v) is 3.17. The first-order valence-corrected chi connectivity index (χ1v) is 6.47. The predicted molar refractivity (Wildman–Crippen MR) is 78.9 cm³/mol. The molecule has 1 N–H and O–H groups in total. The van der Waals surface area contributed by atoms with Gasteiger partial charge in [0.05, 0.1) is 5.52 Å². The lowest BCUT2D eigenvalue weighted by molar-refractivity contribution is 0.295. The number of hydrogen-bond acceptors (Lipinski definition) is 4. The summed E-state index contributed by atoms with van der Waals surface area (Å²) in [7, 11) is 0. The van der Waals surface area contributed by atoms with E-state index in [1.54, 1.807) is 18.2 Å². The van der Waals surface area contributed by atoms with E-state index in [0.29, 0.717) is 23.4 Å². The van der Waals surface area contributed by atoms with Gasteiger partial charge in [0.15, 0.2) is 0 Å². The molecule has 1 aromatic heterocycles. The summed E-state index contributed by atoms with van der Waals surface area (Å²) in [5.74, 6) is 0.450. The molecule has 3 rings (SSSR count). The largest absolute Gasteiger partial charge is 0.507 e. The van der Waals surface area contributed by atoms with Gasteiger partial charge >= 0.3 is 0 Å². The van der Waals surface area contributed by atoms with Crippen molar-refractivity contribution in [1.29, 1.82) is 5.26 Å². The summed E-state index contributed by atoms with van der Waals surface area (Å²) in [5.41, 5.74) is 1.91. The van der Waals surface area contributed by atoms with Gasteiger partial charge in [0, 0.05) is 11.5 Å². The van der Waals surface area contributed by atoms with Gasteiger partial charge in [-0.05, 0) is 23.8 Å².